The summed E-state index contributed by atoms with van der Waals surface area (Å²) in [5.74, 6) is -1.52. The lowest BCUT2D eigenvalue weighted by atomic mass is 10.0. The van der Waals surface area contributed by atoms with Gasteiger partial charge in [-0.25, -0.2) is 17.9 Å². The third-order valence-electron chi connectivity index (χ3n) is 6.28. The molecule has 5 rings (SSSR count). The molecule has 0 aliphatic carbocycles. The van der Waals surface area contributed by atoms with Gasteiger partial charge in [0.1, 0.15) is 16.8 Å². The SMILES string of the molecule is N=C(N)c1ccc2ccn(C3CCN(c4ccc(-c5ccccc5)c(S(N)(=O)=O)c4F)C3=O)c2c1. The Morgan fingerprint density at radius 2 is 1.80 bits per heavy atom. The van der Waals surface area contributed by atoms with Crippen LogP contribution < -0.4 is 15.8 Å². The van der Waals surface area contributed by atoms with E-state index in [1.54, 1.807) is 53.2 Å². The Bertz CT molecular complexity index is 1600. The van der Waals surface area contributed by atoms with Gasteiger partial charge in [-0.15, -0.1) is 0 Å². The van der Waals surface area contributed by atoms with Crippen molar-refractivity contribution in [2.45, 2.75) is 17.4 Å². The first-order valence-electron chi connectivity index (χ1n) is 10.8. The van der Waals surface area contributed by atoms with E-state index < -0.39 is 26.8 Å². The second-order valence-corrected chi connectivity index (χ2v) is 9.89. The highest BCUT2D eigenvalue weighted by atomic mass is 32.2. The monoisotopic (exact) mass is 491 g/mol. The molecular weight excluding hydrogens is 469 g/mol. The van der Waals surface area contributed by atoms with E-state index in [2.05, 4.69) is 0 Å². The van der Waals surface area contributed by atoms with Crippen LogP contribution in [0, 0.1) is 11.2 Å². The van der Waals surface area contributed by atoms with E-state index in [0.29, 0.717) is 17.5 Å². The Morgan fingerprint density at radius 3 is 2.49 bits per heavy atom. The molecule has 1 aromatic heterocycles. The average Bonchev–Trinajstić information content (AvgIpc) is 3.41. The lowest BCUT2D eigenvalue weighted by molar-refractivity contribution is -0.119. The van der Waals surface area contributed by atoms with E-state index in [9.17, 15) is 13.2 Å². The topological polar surface area (TPSA) is 135 Å². The van der Waals surface area contributed by atoms with Crippen LogP contribution in [0.5, 0.6) is 0 Å². The molecule has 1 amide bonds. The van der Waals surface area contributed by atoms with Gasteiger partial charge in [0, 0.05) is 29.4 Å². The summed E-state index contributed by atoms with van der Waals surface area (Å²) in [7, 11) is -4.43. The number of benzene rings is 3. The van der Waals surface area contributed by atoms with Crippen molar-refractivity contribution in [3.8, 4) is 11.1 Å². The Hall–Kier alpha value is -4.02. The Labute approximate surface area is 201 Å². The van der Waals surface area contributed by atoms with Crippen molar-refractivity contribution in [2.75, 3.05) is 11.4 Å². The maximum atomic E-state index is 15.7. The quantitative estimate of drug-likeness (QED) is 0.291. The number of hydrogen-bond donors (Lipinski definition) is 3. The van der Waals surface area contributed by atoms with Crippen molar-refractivity contribution in [1.82, 2.24) is 4.57 Å². The number of rotatable bonds is 5. The summed E-state index contributed by atoms with van der Waals surface area (Å²) in [6.07, 6.45) is 2.16. The normalized spacial score (nSPS) is 16.2. The van der Waals surface area contributed by atoms with Gasteiger partial charge in [0.15, 0.2) is 5.82 Å². The number of hydrogen-bond acceptors (Lipinski definition) is 4. The fraction of sp³-hybridized carbons (Fsp3) is 0.120. The Kier molecular flexibility index (Phi) is 5.42. The highest BCUT2D eigenvalue weighted by Crippen LogP contribution is 2.38. The number of nitrogens with two attached hydrogens (primary N) is 2. The number of amidine groups is 1. The van der Waals surface area contributed by atoms with Gasteiger partial charge in [0.2, 0.25) is 15.9 Å². The molecular formula is C25H22FN5O3S. The zero-order chi connectivity index (χ0) is 24.9. The molecule has 1 aliphatic rings. The molecule has 0 bridgehead atoms. The first-order chi connectivity index (χ1) is 16.7. The fourth-order valence-corrected chi connectivity index (χ4v) is 5.47. The summed E-state index contributed by atoms with van der Waals surface area (Å²) < 4.78 is 42.3. The number of anilines is 1. The minimum atomic E-state index is -4.43. The standard InChI is InChI=1S/C25H22FN5O3S/c26-22-19(9-8-18(23(22)35(29,33)34)15-4-2-1-3-5-15)31-13-11-20(25(31)32)30-12-10-16-6-7-17(24(27)28)14-21(16)30/h1-10,12,14,20H,11,13H2,(H3,27,28)(H2,29,33,34). The van der Waals surface area contributed by atoms with Gasteiger partial charge in [0.25, 0.3) is 0 Å². The number of nitrogens with one attached hydrogen (secondary N) is 1. The summed E-state index contributed by atoms with van der Waals surface area (Å²) in [5.41, 5.74) is 7.36. The molecule has 8 nitrogen and oxygen atoms in total. The summed E-state index contributed by atoms with van der Waals surface area (Å²) in [4.78, 5) is 14.0. The van der Waals surface area contributed by atoms with E-state index in [4.69, 9.17) is 16.3 Å². The van der Waals surface area contributed by atoms with Gasteiger partial charge in [-0.05, 0) is 35.6 Å². The highest BCUT2D eigenvalue weighted by Gasteiger charge is 2.37. The van der Waals surface area contributed by atoms with Crippen molar-refractivity contribution < 1.29 is 17.6 Å². The lowest BCUT2D eigenvalue weighted by Crippen LogP contribution is -2.29. The number of fused-ring (bicyclic) bond motifs is 1. The number of primary sulfonamides is 1. The summed E-state index contributed by atoms with van der Waals surface area (Å²) in [6.45, 7) is 0.196. The molecule has 3 aromatic carbocycles. The number of carbonyl (C=O) groups is 1. The van der Waals surface area contributed by atoms with Gasteiger partial charge >= 0.3 is 0 Å². The van der Waals surface area contributed by atoms with Gasteiger partial charge in [-0.3, -0.25) is 10.2 Å². The molecule has 4 aromatic rings. The number of nitrogen functional groups attached to an aromatic ring is 1. The third-order valence-corrected chi connectivity index (χ3v) is 7.25. The first-order valence-corrected chi connectivity index (χ1v) is 12.4. The fourth-order valence-electron chi connectivity index (χ4n) is 4.63. The van der Waals surface area contributed by atoms with Crippen LogP contribution in [0.15, 0.2) is 77.8 Å². The third kappa shape index (κ3) is 3.86. The van der Waals surface area contributed by atoms with Crippen LogP contribution in [0.3, 0.4) is 0 Å². The molecule has 5 N–H and O–H groups in total. The van der Waals surface area contributed by atoms with Crippen LogP contribution in [0.25, 0.3) is 22.0 Å². The number of aromatic nitrogens is 1. The van der Waals surface area contributed by atoms with Crippen molar-refractivity contribution in [3.05, 3.63) is 84.3 Å². The van der Waals surface area contributed by atoms with Crippen LogP contribution in [-0.2, 0) is 14.8 Å². The molecule has 178 valence electrons. The van der Waals surface area contributed by atoms with Gasteiger partial charge in [-0.2, -0.15) is 0 Å². The minimum absolute atomic E-state index is 0.0878. The summed E-state index contributed by atoms with van der Waals surface area (Å²) in [5, 5.41) is 14.0. The van der Waals surface area contributed by atoms with E-state index in [1.807, 2.05) is 12.1 Å². The van der Waals surface area contributed by atoms with E-state index in [-0.39, 0.29) is 29.5 Å². The Morgan fingerprint density at radius 1 is 1.06 bits per heavy atom. The predicted molar refractivity (Wildman–Crippen MR) is 132 cm³/mol. The first kappa shape index (κ1) is 22.8. The van der Waals surface area contributed by atoms with Crippen LogP contribution in [0.4, 0.5) is 10.1 Å². The van der Waals surface area contributed by atoms with Crippen LogP contribution in [-0.4, -0.2) is 31.3 Å². The van der Waals surface area contributed by atoms with Crippen molar-refractivity contribution in [3.63, 3.8) is 0 Å². The van der Waals surface area contributed by atoms with E-state index >= 15 is 4.39 Å². The molecule has 0 spiro atoms. The molecule has 0 radical (unpaired) electrons. The van der Waals surface area contributed by atoms with Crippen LogP contribution in [0.1, 0.15) is 18.0 Å². The molecule has 1 aliphatic heterocycles. The van der Waals surface area contributed by atoms with Crippen molar-refractivity contribution in [2.24, 2.45) is 10.9 Å². The second-order valence-electron chi connectivity index (χ2n) is 8.39. The number of sulfonamides is 1. The largest absolute Gasteiger partial charge is 0.384 e. The maximum Gasteiger partial charge on any atom is 0.250 e. The number of carbonyl (C=O) groups excluding carboxylic acids is 1. The number of halogens is 1. The zero-order valence-electron chi connectivity index (χ0n) is 18.5. The Balaban J connectivity index is 1.56. The van der Waals surface area contributed by atoms with Crippen LogP contribution >= 0.6 is 0 Å². The summed E-state index contributed by atoms with van der Waals surface area (Å²) in [6, 6.07) is 17.9. The molecule has 0 saturated carbocycles. The molecule has 1 atom stereocenters. The van der Waals surface area contributed by atoms with Gasteiger partial charge in [-0.1, -0.05) is 48.5 Å². The van der Waals surface area contributed by atoms with Crippen molar-refractivity contribution in [1.29, 1.82) is 5.41 Å². The molecule has 1 saturated heterocycles. The molecule has 1 fully saturated rings. The van der Waals surface area contributed by atoms with E-state index in [0.717, 1.165) is 10.9 Å². The number of nitrogens with zero attached hydrogens (tertiary/aromatic N) is 2. The summed E-state index contributed by atoms with van der Waals surface area (Å²) >= 11 is 0. The lowest BCUT2D eigenvalue weighted by Gasteiger charge is -2.21. The molecule has 2 heterocycles. The minimum Gasteiger partial charge on any atom is -0.384 e. The predicted octanol–water partition coefficient (Wildman–Crippen LogP) is 3.36. The van der Waals surface area contributed by atoms with Crippen molar-refractivity contribution >= 4 is 38.4 Å². The molecule has 10 heteroatoms. The molecule has 1 unspecified atom stereocenters. The second kappa shape index (κ2) is 8.33. The number of amides is 1. The van der Waals surface area contributed by atoms with Gasteiger partial charge in [0.05, 0.1) is 5.69 Å². The average molecular weight is 492 g/mol. The van der Waals surface area contributed by atoms with E-state index in [1.165, 1.54) is 17.0 Å². The molecule has 35 heavy (non-hydrogen) atoms. The maximum absolute atomic E-state index is 15.7. The highest BCUT2D eigenvalue weighted by molar-refractivity contribution is 7.89. The zero-order valence-corrected chi connectivity index (χ0v) is 19.3. The van der Waals surface area contributed by atoms with Crippen LogP contribution in [0.2, 0.25) is 0 Å². The van der Waals surface area contributed by atoms with Gasteiger partial charge < -0.3 is 15.2 Å². The smallest absolute Gasteiger partial charge is 0.250 e.